The lowest BCUT2D eigenvalue weighted by molar-refractivity contribution is 0.625. The molecule has 1 N–H and O–H groups in total. The van der Waals surface area contributed by atoms with Gasteiger partial charge in [-0.3, -0.25) is 9.89 Å². The second-order valence-electron chi connectivity index (χ2n) is 4.64. The van der Waals surface area contributed by atoms with Crippen molar-refractivity contribution < 1.29 is 4.39 Å². The van der Waals surface area contributed by atoms with Crippen molar-refractivity contribution in [1.82, 2.24) is 9.78 Å². The van der Waals surface area contributed by atoms with Gasteiger partial charge in [0.25, 0.3) is 5.56 Å². The van der Waals surface area contributed by atoms with E-state index in [9.17, 15) is 9.18 Å². The maximum absolute atomic E-state index is 13.1. The Kier molecular flexibility index (Phi) is 2.99. The summed E-state index contributed by atoms with van der Waals surface area (Å²) in [4.78, 5) is 12.1. The van der Waals surface area contributed by atoms with E-state index >= 15 is 0 Å². The minimum absolute atomic E-state index is 0.168. The molecule has 1 heterocycles. The van der Waals surface area contributed by atoms with Crippen molar-refractivity contribution in [2.24, 2.45) is 0 Å². The Labute approximate surface area is 115 Å². The number of halogens is 1. The maximum atomic E-state index is 13.1. The zero-order valence-electron chi connectivity index (χ0n) is 10.9. The number of rotatable bonds is 2. The third-order valence-corrected chi connectivity index (χ3v) is 3.20. The van der Waals surface area contributed by atoms with Gasteiger partial charge in [-0.2, -0.15) is 0 Å². The monoisotopic (exact) mass is 268 g/mol. The third kappa shape index (κ3) is 2.16. The summed E-state index contributed by atoms with van der Waals surface area (Å²) in [6.07, 6.45) is 0. The van der Waals surface area contributed by atoms with Crippen LogP contribution < -0.4 is 5.56 Å². The highest BCUT2D eigenvalue weighted by Gasteiger charge is 2.09. The van der Waals surface area contributed by atoms with E-state index in [1.807, 2.05) is 30.3 Å². The molecule has 0 unspecified atom stereocenters. The number of nitrogens with one attached hydrogen (secondary N) is 1. The van der Waals surface area contributed by atoms with Crippen LogP contribution in [-0.4, -0.2) is 9.78 Å². The van der Waals surface area contributed by atoms with Gasteiger partial charge in [-0.25, -0.2) is 9.07 Å². The quantitative estimate of drug-likeness (QED) is 0.761. The largest absolute Gasteiger partial charge is 0.290 e. The van der Waals surface area contributed by atoms with Crippen LogP contribution in [0.5, 0.6) is 0 Å². The zero-order valence-corrected chi connectivity index (χ0v) is 10.9. The molecule has 2 aromatic carbocycles. The van der Waals surface area contributed by atoms with Crippen molar-refractivity contribution in [3.8, 4) is 16.9 Å². The Bertz CT molecular complexity index is 803. The Morgan fingerprint density at radius 2 is 1.80 bits per heavy atom. The molecule has 0 saturated heterocycles. The molecule has 20 heavy (non-hydrogen) atoms. The summed E-state index contributed by atoms with van der Waals surface area (Å²) < 4.78 is 14.6. The fourth-order valence-electron chi connectivity index (χ4n) is 2.21. The van der Waals surface area contributed by atoms with Crippen LogP contribution >= 0.6 is 0 Å². The van der Waals surface area contributed by atoms with Crippen LogP contribution in [0.3, 0.4) is 0 Å². The second kappa shape index (κ2) is 4.81. The number of aromatic nitrogens is 2. The molecule has 0 aliphatic rings. The number of aryl methyl sites for hydroxylation is 1. The minimum atomic E-state index is -0.311. The first-order valence-electron chi connectivity index (χ1n) is 6.29. The minimum Gasteiger partial charge on any atom is -0.290 e. The number of aromatic amines is 1. The lowest BCUT2D eigenvalue weighted by Crippen LogP contribution is -2.14. The number of hydrogen-bond donors (Lipinski definition) is 1. The second-order valence-corrected chi connectivity index (χ2v) is 4.64. The van der Waals surface area contributed by atoms with Gasteiger partial charge in [-0.05, 0) is 36.2 Å². The molecule has 3 nitrogen and oxygen atoms in total. The average Bonchev–Trinajstić information content (AvgIpc) is 2.82. The Hall–Kier alpha value is -2.62. The molecule has 3 rings (SSSR count). The molecule has 0 aliphatic carbocycles. The number of hydrogen-bond acceptors (Lipinski definition) is 1. The highest BCUT2D eigenvalue weighted by molar-refractivity contribution is 5.58. The van der Waals surface area contributed by atoms with Gasteiger partial charge in [0, 0.05) is 6.07 Å². The van der Waals surface area contributed by atoms with Crippen molar-refractivity contribution in [2.45, 2.75) is 6.92 Å². The smallest absolute Gasteiger partial charge is 0.271 e. The molecule has 1 aromatic heterocycles. The van der Waals surface area contributed by atoms with Gasteiger partial charge in [0.15, 0.2) is 0 Å². The Morgan fingerprint density at radius 3 is 2.50 bits per heavy atom. The molecular weight excluding hydrogens is 255 g/mol. The van der Waals surface area contributed by atoms with Crippen molar-refractivity contribution in [2.75, 3.05) is 0 Å². The fraction of sp³-hybridized carbons (Fsp3) is 0.0625. The first-order valence-corrected chi connectivity index (χ1v) is 6.29. The molecule has 0 fully saturated rings. The summed E-state index contributed by atoms with van der Waals surface area (Å²) in [6, 6.07) is 15.5. The molecule has 0 radical (unpaired) electrons. The molecule has 0 spiro atoms. The summed E-state index contributed by atoms with van der Waals surface area (Å²) in [5.41, 5.74) is 2.85. The van der Waals surface area contributed by atoms with Crippen LogP contribution in [0.4, 0.5) is 4.39 Å². The van der Waals surface area contributed by atoms with Crippen LogP contribution in [-0.2, 0) is 0 Å². The summed E-state index contributed by atoms with van der Waals surface area (Å²) >= 11 is 0. The van der Waals surface area contributed by atoms with Gasteiger partial charge < -0.3 is 0 Å². The lowest BCUT2D eigenvalue weighted by atomic mass is 10.2. The van der Waals surface area contributed by atoms with Crippen LogP contribution in [0.25, 0.3) is 16.9 Å². The van der Waals surface area contributed by atoms with E-state index in [2.05, 4.69) is 5.10 Å². The first kappa shape index (κ1) is 12.4. The number of H-pyrrole nitrogens is 1. The molecule has 0 atom stereocenters. The Balaban J connectivity index is 2.12. The Morgan fingerprint density at radius 1 is 1.05 bits per heavy atom. The molecule has 4 heteroatoms. The van der Waals surface area contributed by atoms with E-state index in [-0.39, 0.29) is 11.4 Å². The highest BCUT2D eigenvalue weighted by Crippen LogP contribution is 2.17. The van der Waals surface area contributed by atoms with Crippen molar-refractivity contribution in [1.29, 1.82) is 0 Å². The van der Waals surface area contributed by atoms with Crippen molar-refractivity contribution in [3.05, 3.63) is 76.3 Å². The van der Waals surface area contributed by atoms with E-state index in [0.29, 0.717) is 11.3 Å². The predicted molar refractivity (Wildman–Crippen MR) is 76.5 cm³/mol. The molecule has 100 valence electrons. The van der Waals surface area contributed by atoms with Crippen LogP contribution in [0, 0.1) is 12.7 Å². The summed E-state index contributed by atoms with van der Waals surface area (Å²) in [5.74, 6) is -0.311. The number of nitrogens with zero attached hydrogens (tertiary/aromatic N) is 1. The summed E-state index contributed by atoms with van der Waals surface area (Å²) in [7, 11) is 0. The first-order chi connectivity index (χ1) is 9.65. The summed E-state index contributed by atoms with van der Waals surface area (Å²) in [5, 5.41) is 3.06. The van der Waals surface area contributed by atoms with Gasteiger partial charge >= 0.3 is 0 Å². The molecule has 0 bridgehead atoms. The molecule has 3 aromatic rings. The van der Waals surface area contributed by atoms with Gasteiger partial charge in [-0.15, -0.1) is 0 Å². The fourth-order valence-corrected chi connectivity index (χ4v) is 2.21. The number of benzene rings is 2. The van der Waals surface area contributed by atoms with Gasteiger partial charge in [0.2, 0.25) is 0 Å². The van der Waals surface area contributed by atoms with Gasteiger partial charge in [-0.1, -0.05) is 30.3 Å². The molecule has 0 saturated carbocycles. The molecule has 0 amide bonds. The SMILES string of the molecule is Cc1cc(F)ccc1-n1[nH]c(-c2ccccc2)cc1=O. The topological polar surface area (TPSA) is 37.8 Å². The van der Waals surface area contributed by atoms with Crippen LogP contribution in [0.15, 0.2) is 59.4 Å². The van der Waals surface area contributed by atoms with Crippen molar-refractivity contribution in [3.63, 3.8) is 0 Å². The highest BCUT2D eigenvalue weighted by atomic mass is 19.1. The lowest BCUT2D eigenvalue weighted by Gasteiger charge is -2.06. The van der Waals surface area contributed by atoms with Gasteiger partial charge in [0.1, 0.15) is 5.82 Å². The van der Waals surface area contributed by atoms with Gasteiger partial charge in [0.05, 0.1) is 11.4 Å². The maximum Gasteiger partial charge on any atom is 0.271 e. The normalized spacial score (nSPS) is 10.7. The van der Waals surface area contributed by atoms with Crippen LogP contribution in [0.1, 0.15) is 5.56 Å². The molecular formula is C16H13FN2O. The van der Waals surface area contributed by atoms with E-state index < -0.39 is 0 Å². The standard InChI is InChI=1S/C16H13FN2O/c1-11-9-13(17)7-8-15(11)19-16(20)10-14(18-19)12-5-3-2-4-6-12/h2-10,18H,1H3. The van der Waals surface area contributed by atoms with E-state index in [1.54, 1.807) is 13.0 Å². The van der Waals surface area contributed by atoms with E-state index in [4.69, 9.17) is 0 Å². The zero-order chi connectivity index (χ0) is 14.1. The summed E-state index contributed by atoms with van der Waals surface area (Å²) in [6.45, 7) is 1.77. The van der Waals surface area contributed by atoms with E-state index in [0.717, 1.165) is 11.3 Å². The predicted octanol–water partition coefficient (Wildman–Crippen LogP) is 3.28. The average molecular weight is 268 g/mol. The van der Waals surface area contributed by atoms with Crippen molar-refractivity contribution >= 4 is 0 Å². The third-order valence-electron chi connectivity index (χ3n) is 3.20. The molecule has 0 aliphatic heterocycles. The van der Waals surface area contributed by atoms with E-state index in [1.165, 1.54) is 22.9 Å². The van der Waals surface area contributed by atoms with Crippen LogP contribution in [0.2, 0.25) is 0 Å².